The summed E-state index contributed by atoms with van der Waals surface area (Å²) in [4.78, 5) is 11.2. The van der Waals surface area contributed by atoms with Gasteiger partial charge in [0, 0.05) is 50.8 Å². The molecule has 1 saturated heterocycles. The zero-order chi connectivity index (χ0) is 11.7. The Balaban J connectivity index is 1.75. The summed E-state index contributed by atoms with van der Waals surface area (Å²) in [5.74, 6) is 0.783. The molecule has 5 heteroatoms. The lowest BCUT2D eigenvalue weighted by Crippen LogP contribution is -2.48. The van der Waals surface area contributed by atoms with E-state index in [2.05, 4.69) is 33.3 Å². The molecular formula is C12H17N5. The number of imidazole rings is 1. The van der Waals surface area contributed by atoms with Crippen LogP contribution >= 0.6 is 0 Å². The van der Waals surface area contributed by atoms with Crippen molar-refractivity contribution in [3.05, 3.63) is 30.4 Å². The molecule has 5 nitrogen and oxygen atoms in total. The van der Waals surface area contributed by atoms with Crippen LogP contribution in [-0.4, -0.2) is 44.9 Å². The molecule has 1 aliphatic rings. The van der Waals surface area contributed by atoms with Crippen molar-refractivity contribution in [1.82, 2.24) is 24.6 Å². The third kappa shape index (κ3) is 2.30. The highest BCUT2D eigenvalue weighted by Gasteiger charge is 2.16. The van der Waals surface area contributed by atoms with Gasteiger partial charge in [-0.3, -0.25) is 9.30 Å². The first-order chi connectivity index (χ1) is 8.31. The number of fused-ring (bicyclic) bond motifs is 1. The SMILES string of the molecule is C[C@H]1CN(Cc2cn3cccnc3n2)CCN1. The van der Waals surface area contributed by atoms with Crippen LogP contribution in [-0.2, 0) is 6.54 Å². The Morgan fingerprint density at radius 2 is 2.47 bits per heavy atom. The molecule has 90 valence electrons. The van der Waals surface area contributed by atoms with Gasteiger partial charge in [0.25, 0.3) is 0 Å². The molecule has 0 radical (unpaired) electrons. The number of piperazine rings is 1. The summed E-state index contributed by atoms with van der Waals surface area (Å²) in [7, 11) is 0. The van der Waals surface area contributed by atoms with Crippen molar-refractivity contribution in [2.45, 2.75) is 19.5 Å². The first-order valence-electron chi connectivity index (χ1n) is 6.05. The van der Waals surface area contributed by atoms with Crippen LogP contribution < -0.4 is 5.32 Å². The van der Waals surface area contributed by atoms with Crippen molar-refractivity contribution in [3.63, 3.8) is 0 Å². The fourth-order valence-corrected chi connectivity index (χ4v) is 2.34. The standard InChI is InChI=1S/C12H17N5/c1-10-7-16(6-4-13-10)8-11-9-17-5-2-3-14-12(17)15-11/h2-3,5,9-10,13H,4,6-8H2,1H3/t10-/m0/s1. The number of rotatable bonds is 2. The van der Waals surface area contributed by atoms with E-state index >= 15 is 0 Å². The van der Waals surface area contributed by atoms with Crippen LogP contribution in [0.4, 0.5) is 0 Å². The zero-order valence-corrected chi connectivity index (χ0v) is 10.0. The minimum atomic E-state index is 0.568. The van der Waals surface area contributed by atoms with Crippen LogP contribution in [0.2, 0.25) is 0 Å². The van der Waals surface area contributed by atoms with Gasteiger partial charge in [0.1, 0.15) is 0 Å². The molecule has 3 heterocycles. The highest BCUT2D eigenvalue weighted by Crippen LogP contribution is 2.07. The van der Waals surface area contributed by atoms with Gasteiger partial charge in [0.05, 0.1) is 5.69 Å². The molecule has 1 fully saturated rings. The summed E-state index contributed by atoms with van der Waals surface area (Å²) in [5.41, 5.74) is 1.10. The molecule has 3 rings (SSSR count). The Hall–Kier alpha value is -1.46. The molecule has 0 aliphatic carbocycles. The monoisotopic (exact) mass is 231 g/mol. The highest BCUT2D eigenvalue weighted by molar-refractivity contribution is 5.29. The Bertz CT molecular complexity index is 473. The maximum Gasteiger partial charge on any atom is 0.233 e. The third-order valence-corrected chi connectivity index (χ3v) is 3.12. The lowest BCUT2D eigenvalue weighted by molar-refractivity contribution is 0.198. The average molecular weight is 231 g/mol. The van der Waals surface area contributed by atoms with Gasteiger partial charge in [-0.1, -0.05) is 0 Å². The Morgan fingerprint density at radius 1 is 1.53 bits per heavy atom. The maximum atomic E-state index is 4.52. The van der Waals surface area contributed by atoms with E-state index in [4.69, 9.17) is 0 Å². The fraction of sp³-hybridized carbons (Fsp3) is 0.500. The quantitative estimate of drug-likeness (QED) is 0.818. The van der Waals surface area contributed by atoms with Gasteiger partial charge >= 0.3 is 0 Å². The summed E-state index contributed by atoms with van der Waals surface area (Å²) in [6.07, 6.45) is 5.83. The minimum Gasteiger partial charge on any atom is -0.312 e. The van der Waals surface area contributed by atoms with Gasteiger partial charge in [0.15, 0.2) is 0 Å². The predicted octanol–water partition coefficient (Wildman–Crippen LogP) is 0.523. The molecule has 0 saturated carbocycles. The normalized spacial score (nSPS) is 22.1. The number of aromatic nitrogens is 3. The van der Waals surface area contributed by atoms with E-state index < -0.39 is 0 Å². The van der Waals surface area contributed by atoms with Gasteiger partial charge < -0.3 is 5.32 Å². The van der Waals surface area contributed by atoms with Crippen LogP contribution in [0.3, 0.4) is 0 Å². The molecule has 17 heavy (non-hydrogen) atoms. The van der Waals surface area contributed by atoms with E-state index in [1.165, 1.54) is 0 Å². The second kappa shape index (κ2) is 4.43. The molecule has 0 unspecified atom stereocenters. The minimum absolute atomic E-state index is 0.568. The Kier molecular flexibility index (Phi) is 2.78. The van der Waals surface area contributed by atoms with Gasteiger partial charge in [-0.05, 0) is 13.0 Å². The van der Waals surface area contributed by atoms with E-state index in [9.17, 15) is 0 Å². The molecule has 2 aromatic heterocycles. The number of hydrogen-bond acceptors (Lipinski definition) is 4. The largest absolute Gasteiger partial charge is 0.312 e. The van der Waals surface area contributed by atoms with Crippen LogP contribution in [0.15, 0.2) is 24.7 Å². The van der Waals surface area contributed by atoms with Gasteiger partial charge in [-0.2, -0.15) is 0 Å². The topological polar surface area (TPSA) is 45.5 Å². The summed E-state index contributed by atoms with van der Waals surface area (Å²) in [6.45, 7) is 6.37. The van der Waals surface area contributed by atoms with Crippen molar-refractivity contribution in [1.29, 1.82) is 0 Å². The van der Waals surface area contributed by atoms with Gasteiger partial charge in [-0.15, -0.1) is 0 Å². The Morgan fingerprint density at radius 3 is 3.29 bits per heavy atom. The summed E-state index contributed by atoms with van der Waals surface area (Å²) in [6, 6.07) is 2.49. The molecule has 1 atom stereocenters. The van der Waals surface area contributed by atoms with Crippen molar-refractivity contribution in [3.8, 4) is 0 Å². The lowest BCUT2D eigenvalue weighted by Gasteiger charge is -2.31. The van der Waals surface area contributed by atoms with Gasteiger partial charge in [-0.25, -0.2) is 9.97 Å². The van der Waals surface area contributed by atoms with Crippen molar-refractivity contribution in [2.75, 3.05) is 19.6 Å². The summed E-state index contributed by atoms with van der Waals surface area (Å²) in [5, 5.41) is 3.44. The lowest BCUT2D eigenvalue weighted by atomic mass is 10.2. The molecule has 0 bridgehead atoms. The van der Waals surface area contributed by atoms with Crippen molar-refractivity contribution >= 4 is 5.78 Å². The molecule has 0 aromatic carbocycles. The van der Waals surface area contributed by atoms with Crippen molar-refractivity contribution < 1.29 is 0 Å². The smallest absolute Gasteiger partial charge is 0.233 e. The second-order valence-electron chi connectivity index (χ2n) is 4.65. The van der Waals surface area contributed by atoms with Crippen LogP contribution in [0.5, 0.6) is 0 Å². The van der Waals surface area contributed by atoms with E-state index in [1.54, 1.807) is 6.20 Å². The predicted molar refractivity (Wildman–Crippen MR) is 65.7 cm³/mol. The van der Waals surface area contributed by atoms with Crippen LogP contribution in [0.1, 0.15) is 12.6 Å². The molecule has 1 aliphatic heterocycles. The molecule has 0 spiro atoms. The molecule has 2 aromatic rings. The average Bonchev–Trinajstić information content (AvgIpc) is 2.71. The van der Waals surface area contributed by atoms with Gasteiger partial charge in [0.2, 0.25) is 5.78 Å². The third-order valence-electron chi connectivity index (χ3n) is 3.12. The summed E-state index contributed by atoms with van der Waals surface area (Å²) >= 11 is 0. The number of hydrogen-bond donors (Lipinski definition) is 1. The maximum absolute atomic E-state index is 4.52. The zero-order valence-electron chi connectivity index (χ0n) is 10.0. The van der Waals surface area contributed by atoms with E-state index in [0.717, 1.165) is 37.7 Å². The van der Waals surface area contributed by atoms with E-state index in [1.807, 2.05) is 16.7 Å². The summed E-state index contributed by atoms with van der Waals surface area (Å²) < 4.78 is 1.97. The van der Waals surface area contributed by atoms with E-state index in [0.29, 0.717) is 6.04 Å². The molecular weight excluding hydrogens is 214 g/mol. The fourth-order valence-electron chi connectivity index (χ4n) is 2.34. The number of nitrogens with one attached hydrogen (secondary N) is 1. The Labute approximate surface area is 100 Å². The number of nitrogens with zero attached hydrogens (tertiary/aromatic N) is 4. The highest BCUT2D eigenvalue weighted by atomic mass is 15.2. The molecule has 0 amide bonds. The second-order valence-corrected chi connectivity index (χ2v) is 4.65. The first kappa shape index (κ1) is 10.7. The van der Waals surface area contributed by atoms with E-state index in [-0.39, 0.29) is 0 Å². The van der Waals surface area contributed by atoms with Crippen molar-refractivity contribution in [2.24, 2.45) is 0 Å². The molecule has 1 N–H and O–H groups in total. The van der Waals surface area contributed by atoms with Crippen LogP contribution in [0, 0.1) is 0 Å². The first-order valence-corrected chi connectivity index (χ1v) is 6.05. The van der Waals surface area contributed by atoms with Crippen LogP contribution in [0.25, 0.3) is 5.78 Å².